The van der Waals surface area contributed by atoms with Gasteiger partial charge in [-0.1, -0.05) is 23.7 Å². The zero-order chi connectivity index (χ0) is 21.5. The fraction of sp³-hybridized carbons (Fsp3) is 0.130. The van der Waals surface area contributed by atoms with Gasteiger partial charge in [-0.25, -0.2) is 4.79 Å². The molecule has 0 heterocycles. The number of carbonyl (C=O) groups is 1. The predicted molar refractivity (Wildman–Crippen MR) is 116 cm³/mol. The maximum Gasteiger partial charge on any atom is 0.344 e. The van der Waals surface area contributed by atoms with Gasteiger partial charge in [0.2, 0.25) is 0 Å². The van der Waals surface area contributed by atoms with Crippen molar-refractivity contribution in [3.05, 3.63) is 77.3 Å². The van der Waals surface area contributed by atoms with Crippen LogP contribution >= 0.6 is 11.6 Å². The van der Waals surface area contributed by atoms with Crippen molar-refractivity contribution in [3.8, 4) is 23.0 Å². The van der Waals surface area contributed by atoms with E-state index >= 15 is 0 Å². The summed E-state index contributed by atoms with van der Waals surface area (Å²) in [6, 6.07) is 19.6. The zero-order valence-electron chi connectivity index (χ0n) is 16.4. The summed E-state index contributed by atoms with van der Waals surface area (Å²) in [6.45, 7) is 1.45. The molecule has 0 fully saturated rings. The minimum absolute atomic E-state index is 0.319. The summed E-state index contributed by atoms with van der Waals surface area (Å²) in [7, 11) is 1.49. The second-order valence-corrected chi connectivity index (χ2v) is 6.72. The number of aliphatic imine (C=N–C) groups is 1. The topological polar surface area (TPSA) is 77.3 Å². The second kappa shape index (κ2) is 9.80. The van der Waals surface area contributed by atoms with E-state index in [2.05, 4.69) is 4.99 Å². The number of halogens is 1. The van der Waals surface area contributed by atoms with Gasteiger partial charge < -0.3 is 19.3 Å². The number of rotatable bonds is 8. The lowest BCUT2D eigenvalue weighted by atomic mass is 10.2. The number of carboxylic acid groups (broad SMARTS) is 1. The Morgan fingerprint density at radius 2 is 1.80 bits per heavy atom. The summed E-state index contributed by atoms with van der Waals surface area (Å²) in [5.74, 6) is 0.970. The molecule has 0 aliphatic carbocycles. The molecule has 1 N–H and O–H groups in total. The first-order valence-electron chi connectivity index (χ1n) is 9.10. The minimum Gasteiger partial charge on any atom is -0.493 e. The molecule has 0 amide bonds. The van der Waals surface area contributed by atoms with Gasteiger partial charge in [-0.15, -0.1) is 0 Å². The number of hydrogen-bond acceptors (Lipinski definition) is 5. The van der Waals surface area contributed by atoms with E-state index in [1.54, 1.807) is 60.8 Å². The summed E-state index contributed by atoms with van der Waals surface area (Å²) in [5.41, 5.74) is 1.29. The van der Waals surface area contributed by atoms with Crippen molar-refractivity contribution >= 4 is 29.5 Å². The number of para-hydroxylation sites is 1. The third-order valence-corrected chi connectivity index (χ3v) is 4.33. The Bertz CT molecular complexity index is 1050. The van der Waals surface area contributed by atoms with Crippen molar-refractivity contribution in [2.45, 2.75) is 13.0 Å². The summed E-state index contributed by atoms with van der Waals surface area (Å²) in [5, 5.41) is 9.73. The Morgan fingerprint density at radius 3 is 2.47 bits per heavy atom. The highest BCUT2D eigenvalue weighted by Gasteiger charge is 2.17. The van der Waals surface area contributed by atoms with E-state index in [1.165, 1.54) is 14.0 Å². The first-order valence-corrected chi connectivity index (χ1v) is 9.48. The van der Waals surface area contributed by atoms with Gasteiger partial charge in [-0.2, -0.15) is 0 Å². The van der Waals surface area contributed by atoms with E-state index in [0.717, 1.165) is 0 Å². The van der Waals surface area contributed by atoms with Crippen LogP contribution in [0.2, 0.25) is 5.02 Å². The first kappa shape index (κ1) is 21.2. The van der Waals surface area contributed by atoms with Crippen LogP contribution in [0.3, 0.4) is 0 Å². The maximum atomic E-state index is 11.2. The number of methoxy groups -OCH3 is 1. The summed E-state index contributed by atoms with van der Waals surface area (Å²) in [4.78, 5) is 15.6. The molecule has 1 atom stereocenters. The molecule has 0 aromatic heterocycles. The smallest absolute Gasteiger partial charge is 0.344 e. The lowest BCUT2D eigenvalue weighted by Crippen LogP contribution is -2.23. The molecule has 0 spiro atoms. The van der Waals surface area contributed by atoms with E-state index < -0.39 is 12.1 Å². The Balaban J connectivity index is 1.77. The van der Waals surface area contributed by atoms with Gasteiger partial charge in [0.25, 0.3) is 0 Å². The van der Waals surface area contributed by atoms with Crippen molar-refractivity contribution in [1.29, 1.82) is 0 Å². The Labute approximate surface area is 179 Å². The molecule has 0 bridgehead atoms. The van der Waals surface area contributed by atoms with Crippen molar-refractivity contribution in [2.75, 3.05) is 7.11 Å². The highest BCUT2D eigenvalue weighted by molar-refractivity contribution is 6.30. The summed E-state index contributed by atoms with van der Waals surface area (Å²) < 4.78 is 16.6. The largest absolute Gasteiger partial charge is 0.493 e. The van der Waals surface area contributed by atoms with Crippen LogP contribution in [-0.2, 0) is 4.79 Å². The van der Waals surface area contributed by atoms with Gasteiger partial charge in [-0.05, 0) is 61.5 Å². The third-order valence-electron chi connectivity index (χ3n) is 4.09. The molecule has 7 heteroatoms. The van der Waals surface area contributed by atoms with E-state index in [-0.39, 0.29) is 0 Å². The number of hydrogen-bond donors (Lipinski definition) is 1. The van der Waals surface area contributed by atoms with Gasteiger partial charge in [-0.3, -0.25) is 4.99 Å². The fourth-order valence-corrected chi connectivity index (χ4v) is 2.74. The predicted octanol–water partition coefficient (Wildman–Crippen LogP) is 5.74. The SMILES string of the molecule is COc1cccc(C=Nc2ccc(Oc3cccc(Cl)c3)cc2)c1O[C@@H](C)C(=O)O. The highest BCUT2D eigenvalue weighted by atomic mass is 35.5. The van der Waals surface area contributed by atoms with Gasteiger partial charge in [0, 0.05) is 16.8 Å². The van der Waals surface area contributed by atoms with E-state index in [1.807, 2.05) is 12.1 Å². The third kappa shape index (κ3) is 5.52. The Kier molecular flexibility index (Phi) is 6.93. The molecule has 3 aromatic rings. The molecule has 0 radical (unpaired) electrons. The Morgan fingerprint density at radius 1 is 1.07 bits per heavy atom. The van der Waals surface area contributed by atoms with Crippen molar-refractivity contribution in [2.24, 2.45) is 4.99 Å². The number of nitrogens with zero attached hydrogens (tertiary/aromatic N) is 1. The molecule has 0 saturated heterocycles. The molecule has 0 unspecified atom stereocenters. The maximum absolute atomic E-state index is 11.2. The molecule has 0 aliphatic rings. The van der Waals surface area contributed by atoms with Crippen LogP contribution in [0.4, 0.5) is 5.69 Å². The lowest BCUT2D eigenvalue weighted by Gasteiger charge is -2.15. The minimum atomic E-state index is -1.07. The molecule has 3 rings (SSSR count). The van der Waals surface area contributed by atoms with Crippen molar-refractivity contribution in [1.82, 2.24) is 0 Å². The second-order valence-electron chi connectivity index (χ2n) is 6.29. The van der Waals surface area contributed by atoms with Crippen molar-refractivity contribution in [3.63, 3.8) is 0 Å². The number of carboxylic acids is 1. The average molecular weight is 426 g/mol. The lowest BCUT2D eigenvalue weighted by molar-refractivity contribution is -0.144. The summed E-state index contributed by atoms with van der Waals surface area (Å²) in [6.07, 6.45) is 0.565. The van der Waals surface area contributed by atoms with Crippen LogP contribution in [-0.4, -0.2) is 30.5 Å². The molecule has 154 valence electrons. The normalized spacial score (nSPS) is 11.8. The summed E-state index contributed by atoms with van der Waals surface area (Å²) >= 11 is 5.97. The van der Waals surface area contributed by atoms with Gasteiger partial charge >= 0.3 is 5.97 Å². The van der Waals surface area contributed by atoms with Crippen LogP contribution in [0.5, 0.6) is 23.0 Å². The van der Waals surface area contributed by atoms with E-state index in [4.69, 9.17) is 30.9 Å². The fourth-order valence-electron chi connectivity index (χ4n) is 2.56. The number of benzene rings is 3. The number of aliphatic carboxylic acids is 1. The van der Waals surface area contributed by atoms with Crippen LogP contribution < -0.4 is 14.2 Å². The molecular weight excluding hydrogens is 406 g/mol. The molecule has 0 saturated carbocycles. The molecule has 0 aliphatic heterocycles. The van der Waals surface area contributed by atoms with Gasteiger partial charge in [0.15, 0.2) is 17.6 Å². The first-order chi connectivity index (χ1) is 14.5. The van der Waals surface area contributed by atoms with Gasteiger partial charge in [0.05, 0.1) is 12.8 Å². The van der Waals surface area contributed by atoms with Crippen molar-refractivity contribution < 1.29 is 24.1 Å². The number of ether oxygens (including phenoxy) is 3. The molecule has 30 heavy (non-hydrogen) atoms. The zero-order valence-corrected chi connectivity index (χ0v) is 17.2. The van der Waals surface area contributed by atoms with Crippen LogP contribution in [0.1, 0.15) is 12.5 Å². The van der Waals surface area contributed by atoms with Crippen LogP contribution in [0.25, 0.3) is 0 Å². The average Bonchev–Trinajstić information content (AvgIpc) is 2.73. The van der Waals surface area contributed by atoms with E-state index in [0.29, 0.717) is 39.3 Å². The molecule has 6 nitrogen and oxygen atoms in total. The van der Waals surface area contributed by atoms with Crippen LogP contribution in [0.15, 0.2) is 71.7 Å². The van der Waals surface area contributed by atoms with Gasteiger partial charge in [0.1, 0.15) is 11.5 Å². The van der Waals surface area contributed by atoms with E-state index in [9.17, 15) is 4.79 Å². The Hall–Kier alpha value is -3.51. The molecular formula is C23H20ClNO5. The monoisotopic (exact) mass is 425 g/mol. The highest BCUT2D eigenvalue weighted by Crippen LogP contribution is 2.32. The molecule has 3 aromatic carbocycles. The van der Waals surface area contributed by atoms with Crippen LogP contribution in [0, 0.1) is 0 Å². The standard InChI is InChI=1S/C23H20ClNO5/c1-15(23(26)27)29-22-16(5-3-8-21(22)28-2)14-25-18-9-11-19(12-10-18)30-20-7-4-6-17(24)13-20/h3-15H,1-2H3,(H,26,27)/t15-/m0/s1. The quantitative estimate of drug-likeness (QED) is 0.465.